The van der Waals surface area contributed by atoms with E-state index in [2.05, 4.69) is 17.1 Å². The highest BCUT2D eigenvalue weighted by Crippen LogP contribution is 2.28. The molecule has 0 bridgehead atoms. The maximum atomic E-state index is 5.67. The summed E-state index contributed by atoms with van der Waals surface area (Å²) in [5.41, 5.74) is 0. The topological polar surface area (TPSA) is 24.5 Å². The van der Waals surface area contributed by atoms with Crippen LogP contribution >= 0.6 is 0 Å². The number of rotatable bonds is 9. The third-order valence-corrected chi connectivity index (χ3v) is 4.31. The van der Waals surface area contributed by atoms with Crippen LogP contribution in [0.15, 0.2) is 0 Å². The zero-order valence-corrected chi connectivity index (χ0v) is 12.7. The van der Waals surface area contributed by atoms with Crippen molar-refractivity contribution in [2.24, 2.45) is 5.92 Å². The Bertz CT molecular complexity index is 231. The zero-order chi connectivity index (χ0) is 13.3. The van der Waals surface area contributed by atoms with Crippen molar-refractivity contribution in [1.29, 1.82) is 0 Å². The third kappa shape index (κ3) is 6.73. The second kappa shape index (κ2) is 8.93. The van der Waals surface area contributed by atoms with Crippen LogP contribution in [0.2, 0.25) is 0 Å². The maximum absolute atomic E-state index is 5.67. The number of likely N-dealkylation sites (tertiary alicyclic amines) is 1. The molecule has 19 heavy (non-hydrogen) atoms. The summed E-state index contributed by atoms with van der Waals surface area (Å²) in [6.07, 6.45) is 9.28. The average Bonchev–Trinajstić information content (AvgIpc) is 3.22. The predicted octanol–water partition coefficient (Wildman–Crippen LogP) is 2.66. The molecule has 112 valence electrons. The fourth-order valence-corrected chi connectivity index (χ4v) is 2.91. The molecule has 0 aromatic carbocycles. The zero-order valence-electron chi connectivity index (χ0n) is 12.7. The minimum atomic E-state index is 0.741. The van der Waals surface area contributed by atoms with Gasteiger partial charge in [-0.15, -0.1) is 0 Å². The highest BCUT2D eigenvalue weighted by molar-refractivity contribution is 4.75. The SMILES string of the molecule is CCCN1CCCC(NCCCOCC2CC2)CC1. The normalized spacial score (nSPS) is 25.4. The van der Waals surface area contributed by atoms with E-state index >= 15 is 0 Å². The van der Waals surface area contributed by atoms with E-state index in [1.807, 2.05) is 0 Å². The highest BCUT2D eigenvalue weighted by Gasteiger charge is 2.21. The van der Waals surface area contributed by atoms with Gasteiger partial charge in [0, 0.05) is 19.3 Å². The van der Waals surface area contributed by atoms with Gasteiger partial charge in [-0.25, -0.2) is 0 Å². The Morgan fingerprint density at radius 3 is 2.84 bits per heavy atom. The molecule has 0 aromatic heterocycles. The molecule has 0 radical (unpaired) electrons. The van der Waals surface area contributed by atoms with Crippen molar-refractivity contribution in [3.8, 4) is 0 Å². The quantitative estimate of drug-likeness (QED) is 0.651. The molecule has 2 fully saturated rings. The van der Waals surface area contributed by atoms with Gasteiger partial charge in [-0.05, 0) is 77.0 Å². The largest absolute Gasteiger partial charge is 0.381 e. The molecule has 2 rings (SSSR count). The van der Waals surface area contributed by atoms with Crippen molar-refractivity contribution in [3.05, 3.63) is 0 Å². The highest BCUT2D eigenvalue weighted by atomic mass is 16.5. The third-order valence-electron chi connectivity index (χ3n) is 4.31. The second-order valence-electron chi connectivity index (χ2n) is 6.30. The maximum Gasteiger partial charge on any atom is 0.0494 e. The standard InChI is InChI=1S/C16H32N2O/c1-2-10-18-11-3-5-16(8-12-18)17-9-4-13-19-14-15-6-7-15/h15-17H,2-14H2,1H3. The number of nitrogens with one attached hydrogen (secondary N) is 1. The van der Waals surface area contributed by atoms with Gasteiger partial charge >= 0.3 is 0 Å². The summed E-state index contributed by atoms with van der Waals surface area (Å²) < 4.78 is 5.67. The number of hydrogen-bond acceptors (Lipinski definition) is 3. The smallest absolute Gasteiger partial charge is 0.0494 e. The molecule has 3 heteroatoms. The van der Waals surface area contributed by atoms with E-state index in [9.17, 15) is 0 Å². The van der Waals surface area contributed by atoms with Gasteiger partial charge in [0.05, 0.1) is 0 Å². The number of nitrogens with zero attached hydrogens (tertiary/aromatic N) is 1. The van der Waals surface area contributed by atoms with Gasteiger partial charge in [0.25, 0.3) is 0 Å². The van der Waals surface area contributed by atoms with Crippen LogP contribution < -0.4 is 5.32 Å². The van der Waals surface area contributed by atoms with E-state index in [0.717, 1.165) is 31.7 Å². The first kappa shape index (κ1) is 15.3. The molecule has 3 nitrogen and oxygen atoms in total. The van der Waals surface area contributed by atoms with Crippen LogP contribution in [-0.4, -0.2) is 50.3 Å². The van der Waals surface area contributed by atoms with Crippen molar-refractivity contribution >= 4 is 0 Å². The van der Waals surface area contributed by atoms with Crippen LogP contribution in [0.25, 0.3) is 0 Å². The van der Waals surface area contributed by atoms with Gasteiger partial charge in [-0.1, -0.05) is 6.92 Å². The summed E-state index contributed by atoms with van der Waals surface area (Å²) in [6, 6.07) is 0.741. The lowest BCUT2D eigenvalue weighted by Crippen LogP contribution is -2.32. The Morgan fingerprint density at radius 2 is 2.05 bits per heavy atom. The van der Waals surface area contributed by atoms with Gasteiger partial charge in [-0.2, -0.15) is 0 Å². The molecule has 1 atom stereocenters. The Kier molecular flexibility index (Phi) is 7.18. The molecule has 0 aromatic rings. The van der Waals surface area contributed by atoms with Crippen LogP contribution in [0.1, 0.15) is 51.9 Å². The van der Waals surface area contributed by atoms with Crippen LogP contribution in [0.4, 0.5) is 0 Å². The molecule has 1 saturated heterocycles. The van der Waals surface area contributed by atoms with Crippen molar-refractivity contribution in [2.75, 3.05) is 39.4 Å². The van der Waals surface area contributed by atoms with Gasteiger partial charge < -0.3 is 15.0 Å². The van der Waals surface area contributed by atoms with Crippen LogP contribution in [0.5, 0.6) is 0 Å². The lowest BCUT2D eigenvalue weighted by Gasteiger charge is -2.19. The van der Waals surface area contributed by atoms with Crippen molar-refractivity contribution in [3.63, 3.8) is 0 Å². The summed E-state index contributed by atoms with van der Waals surface area (Å²) in [7, 11) is 0. The predicted molar refractivity (Wildman–Crippen MR) is 80.5 cm³/mol. The minimum Gasteiger partial charge on any atom is -0.381 e. The Labute approximate surface area is 119 Å². The summed E-state index contributed by atoms with van der Waals surface area (Å²) in [4.78, 5) is 2.63. The Balaban J connectivity index is 1.45. The van der Waals surface area contributed by atoms with Gasteiger partial charge in [0.2, 0.25) is 0 Å². The molecule has 1 aliphatic heterocycles. The number of ether oxygens (including phenoxy) is 1. The first-order valence-corrected chi connectivity index (χ1v) is 8.42. The van der Waals surface area contributed by atoms with E-state index in [1.54, 1.807) is 0 Å². The molecule has 1 N–H and O–H groups in total. The Morgan fingerprint density at radius 1 is 1.16 bits per heavy atom. The molecule has 0 spiro atoms. The van der Waals surface area contributed by atoms with E-state index in [1.165, 1.54) is 64.6 Å². The summed E-state index contributed by atoms with van der Waals surface area (Å²) in [6.45, 7) is 9.22. The molecule has 1 aliphatic carbocycles. The molecular weight excluding hydrogens is 236 g/mol. The fraction of sp³-hybridized carbons (Fsp3) is 1.00. The van der Waals surface area contributed by atoms with Crippen molar-refractivity contribution in [2.45, 2.75) is 57.9 Å². The summed E-state index contributed by atoms with van der Waals surface area (Å²) in [5.74, 6) is 0.902. The van der Waals surface area contributed by atoms with Crippen LogP contribution in [0, 0.1) is 5.92 Å². The molecule has 2 aliphatic rings. The van der Waals surface area contributed by atoms with Crippen LogP contribution in [-0.2, 0) is 4.74 Å². The second-order valence-corrected chi connectivity index (χ2v) is 6.30. The summed E-state index contributed by atoms with van der Waals surface area (Å²) >= 11 is 0. The first-order chi connectivity index (χ1) is 9.38. The lowest BCUT2D eigenvalue weighted by molar-refractivity contribution is 0.121. The lowest BCUT2D eigenvalue weighted by atomic mass is 10.1. The van der Waals surface area contributed by atoms with E-state index in [4.69, 9.17) is 4.74 Å². The van der Waals surface area contributed by atoms with E-state index < -0.39 is 0 Å². The Hall–Kier alpha value is -0.120. The van der Waals surface area contributed by atoms with E-state index in [-0.39, 0.29) is 0 Å². The fourth-order valence-electron chi connectivity index (χ4n) is 2.91. The molecule has 1 heterocycles. The molecule has 1 unspecified atom stereocenters. The van der Waals surface area contributed by atoms with Crippen molar-refractivity contribution in [1.82, 2.24) is 10.2 Å². The summed E-state index contributed by atoms with van der Waals surface area (Å²) in [5, 5.41) is 3.72. The van der Waals surface area contributed by atoms with Gasteiger partial charge in [0.1, 0.15) is 0 Å². The number of hydrogen-bond donors (Lipinski definition) is 1. The van der Waals surface area contributed by atoms with Gasteiger partial charge in [-0.3, -0.25) is 0 Å². The molecule has 1 saturated carbocycles. The monoisotopic (exact) mass is 268 g/mol. The first-order valence-electron chi connectivity index (χ1n) is 8.42. The van der Waals surface area contributed by atoms with Crippen LogP contribution in [0.3, 0.4) is 0 Å². The minimum absolute atomic E-state index is 0.741. The molecular formula is C16H32N2O. The van der Waals surface area contributed by atoms with Gasteiger partial charge in [0.15, 0.2) is 0 Å². The van der Waals surface area contributed by atoms with E-state index in [0.29, 0.717) is 0 Å². The van der Waals surface area contributed by atoms with Crippen molar-refractivity contribution < 1.29 is 4.74 Å². The average molecular weight is 268 g/mol. The molecule has 0 amide bonds.